The Labute approximate surface area is 189 Å². The van der Waals surface area contributed by atoms with Crippen LogP contribution in [0.2, 0.25) is 0 Å². The highest BCUT2D eigenvalue weighted by Gasteiger charge is 2.12. The van der Waals surface area contributed by atoms with E-state index in [1.807, 2.05) is 13.8 Å². The highest BCUT2D eigenvalue weighted by Crippen LogP contribution is 2.14. The molecule has 0 bridgehead atoms. The first kappa shape index (κ1) is 22.2. The van der Waals surface area contributed by atoms with Crippen LogP contribution in [0.5, 0.6) is 5.75 Å². The summed E-state index contributed by atoms with van der Waals surface area (Å²) in [6, 6.07) is 13.2. The van der Waals surface area contributed by atoms with Gasteiger partial charge in [0.15, 0.2) is 5.65 Å². The topological polar surface area (TPSA) is 91.0 Å². The van der Waals surface area contributed by atoms with Crippen LogP contribution in [0.15, 0.2) is 65.8 Å². The zero-order chi connectivity index (χ0) is 23.4. The van der Waals surface area contributed by atoms with E-state index in [9.17, 15) is 14.0 Å². The van der Waals surface area contributed by atoms with Crippen LogP contribution in [0.25, 0.3) is 11.0 Å². The first-order chi connectivity index (χ1) is 15.9. The van der Waals surface area contributed by atoms with Gasteiger partial charge in [-0.1, -0.05) is 18.2 Å². The number of amides is 1. The van der Waals surface area contributed by atoms with Crippen molar-refractivity contribution in [1.82, 2.24) is 24.6 Å². The molecule has 0 radical (unpaired) electrons. The molecule has 4 aromatic rings. The highest BCUT2D eigenvalue weighted by molar-refractivity contribution is 5.94. The number of carbonyl (C=O) groups excluding carboxylic acids is 1. The average Bonchev–Trinajstić information content (AvgIpc) is 3.21. The average molecular weight is 449 g/mol. The highest BCUT2D eigenvalue weighted by atomic mass is 19.1. The normalized spacial score (nSPS) is 11.2. The van der Waals surface area contributed by atoms with E-state index in [1.165, 1.54) is 23.2 Å². The lowest BCUT2D eigenvalue weighted by Crippen LogP contribution is -2.27. The standard InChI is InChI=1S/C24H24FN5O3/c1-16(2)33-19-9-7-17(8-10-19)23(31)26-11-12-30-22-20(13-28-30)24(32)29(15-27-22)14-18-5-3-4-6-21(18)25/h3-10,13,15-16H,11-12,14H2,1-2H3,(H,26,31). The van der Waals surface area contributed by atoms with E-state index in [4.69, 9.17) is 4.74 Å². The van der Waals surface area contributed by atoms with Crippen LogP contribution < -0.4 is 15.6 Å². The molecular weight excluding hydrogens is 425 g/mol. The van der Waals surface area contributed by atoms with E-state index in [1.54, 1.807) is 47.1 Å². The summed E-state index contributed by atoms with van der Waals surface area (Å²) in [6.45, 7) is 4.60. The molecular formula is C24H24FN5O3. The minimum atomic E-state index is -0.377. The van der Waals surface area contributed by atoms with E-state index < -0.39 is 0 Å². The Morgan fingerprint density at radius 1 is 1.15 bits per heavy atom. The monoisotopic (exact) mass is 449 g/mol. The molecule has 0 spiro atoms. The number of hydrogen-bond acceptors (Lipinski definition) is 5. The summed E-state index contributed by atoms with van der Waals surface area (Å²) in [5.41, 5.74) is 1.03. The van der Waals surface area contributed by atoms with Crippen LogP contribution in [0.4, 0.5) is 4.39 Å². The Morgan fingerprint density at radius 3 is 2.64 bits per heavy atom. The Morgan fingerprint density at radius 2 is 1.91 bits per heavy atom. The van der Waals surface area contributed by atoms with E-state index in [0.717, 1.165) is 0 Å². The molecule has 0 saturated carbocycles. The van der Waals surface area contributed by atoms with Gasteiger partial charge in [-0.15, -0.1) is 0 Å². The molecule has 0 aliphatic heterocycles. The lowest BCUT2D eigenvalue weighted by molar-refractivity contribution is 0.0952. The maximum atomic E-state index is 13.9. The van der Waals surface area contributed by atoms with Gasteiger partial charge < -0.3 is 10.1 Å². The Kier molecular flexibility index (Phi) is 6.48. The number of fused-ring (bicyclic) bond motifs is 1. The summed E-state index contributed by atoms with van der Waals surface area (Å²) in [5.74, 6) is 0.108. The molecule has 0 unspecified atom stereocenters. The van der Waals surface area contributed by atoms with Crippen molar-refractivity contribution in [2.24, 2.45) is 0 Å². The largest absolute Gasteiger partial charge is 0.491 e. The minimum Gasteiger partial charge on any atom is -0.491 e. The fraction of sp³-hybridized carbons (Fsp3) is 0.250. The Balaban J connectivity index is 1.40. The van der Waals surface area contributed by atoms with Gasteiger partial charge in [0, 0.05) is 17.7 Å². The van der Waals surface area contributed by atoms with Gasteiger partial charge in [-0.25, -0.2) is 14.1 Å². The van der Waals surface area contributed by atoms with Crippen LogP contribution in [0.1, 0.15) is 29.8 Å². The van der Waals surface area contributed by atoms with Crippen LogP contribution in [0, 0.1) is 5.82 Å². The number of aromatic nitrogens is 4. The molecule has 0 aliphatic rings. The van der Waals surface area contributed by atoms with Crippen LogP contribution in [-0.2, 0) is 13.1 Å². The fourth-order valence-corrected chi connectivity index (χ4v) is 3.42. The van der Waals surface area contributed by atoms with Crippen molar-refractivity contribution in [3.63, 3.8) is 0 Å². The van der Waals surface area contributed by atoms with Gasteiger partial charge in [0.05, 0.1) is 25.4 Å². The predicted octanol–water partition coefficient (Wildman–Crippen LogP) is 3.00. The maximum absolute atomic E-state index is 13.9. The third-order valence-corrected chi connectivity index (χ3v) is 5.02. The second-order valence-electron chi connectivity index (χ2n) is 7.82. The molecule has 4 rings (SSSR count). The number of hydrogen-bond donors (Lipinski definition) is 1. The molecule has 1 N–H and O–H groups in total. The maximum Gasteiger partial charge on any atom is 0.264 e. The van der Waals surface area contributed by atoms with Crippen molar-refractivity contribution < 1.29 is 13.9 Å². The summed E-state index contributed by atoms with van der Waals surface area (Å²) in [6.07, 6.45) is 2.89. The molecule has 0 aliphatic carbocycles. The second kappa shape index (κ2) is 9.64. The zero-order valence-corrected chi connectivity index (χ0v) is 18.4. The minimum absolute atomic E-state index is 0.0609. The third-order valence-electron chi connectivity index (χ3n) is 5.02. The van der Waals surface area contributed by atoms with Crippen LogP contribution in [0.3, 0.4) is 0 Å². The predicted molar refractivity (Wildman–Crippen MR) is 122 cm³/mol. The van der Waals surface area contributed by atoms with Gasteiger partial charge in [0.25, 0.3) is 11.5 Å². The summed E-state index contributed by atoms with van der Waals surface area (Å²) < 4.78 is 22.4. The molecule has 33 heavy (non-hydrogen) atoms. The van der Waals surface area contributed by atoms with Gasteiger partial charge in [0.1, 0.15) is 23.3 Å². The number of nitrogens with zero attached hydrogens (tertiary/aromatic N) is 4. The lowest BCUT2D eigenvalue weighted by atomic mass is 10.2. The molecule has 170 valence electrons. The van der Waals surface area contributed by atoms with Crippen molar-refractivity contribution in [3.8, 4) is 5.75 Å². The summed E-state index contributed by atoms with van der Waals surface area (Å²) in [4.78, 5) is 29.5. The van der Waals surface area contributed by atoms with E-state index >= 15 is 0 Å². The van der Waals surface area contributed by atoms with Gasteiger partial charge in [0.2, 0.25) is 0 Å². The summed E-state index contributed by atoms with van der Waals surface area (Å²) in [5, 5.41) is 7.40. The van der Waals surface area contributed by atoms with Crippen LogP contribution in [-0.4, -0.2) is 37.9 Å². The van der Waals surface area contributed by atoms with Crippen molar-refractivity contribution in [2.75, 3.05) is 6.54 Å². The van der Waals surface area contributed by atoms with E-state index in [0.29, 0.717) is 41.0 Å². The molecule has 2 heterocycles. The quantitative estimate of drug-likeness (QED) is 0.447. The SMILES string of the molecule is CC(C)Oc1ccc(C(=O)NCCn2ncc3c(=O)n(Cc4ccccc4F)cnc32)cc1. The van der Waals surface area contributed by atoms with E-state index in [-0.39, 0.29) is 29.9 Å². The van der Waals surface area contributed by atoms with Crippen molar-refractivity contribution >= 4 is 16.9 Å². The molecule has 0 fully saturated rings. The first-order valence-corrected chi connectivity index (χ1v) is 10.6. The molecule has 2 aromatic heterocycles. The van der Waals surface area contributed by atoms with Crippen LogP contribution >= 0.6 is 0 Å². The summed E-state index contributed by atoms with van der Waals surface area (Å²) in [7, 11) is 0. The molecule has 2 aromatic carbocycles. The number of halogens is 1. The summed E-state index contributed by atoms with van der Waals surface area (Å²) >= 11 is 0. The molecule has 0 atom stereocenters. The Hall–Kier alpha value is -4.01. The van der Waals surface area contributed by atoms with Gasteiger partial charge in [-0.3, -0.25) is 14.2 Å². The number of carbonyl (C=O) groups is 1. The molecule has 9 heteroatoms. The number of ether oxygens (including phenoxy) is 1. The second-order valence-corrected chi connectivity index (χ2v) is 7.82. The first-order valence-electron chi connectivity index (χ1n) is 10.6. The van der Waals surface area contributed by atoms with Crippen molar-refractivity contribution in [1.29, 1.82) is 0 Å². The smallest absolute Gasteiger partial charge is 0.264 e. The third kappa shape index (κ3) is 5.08. The van der Waals surface area contributed by atoms with Crippen molar-refractivity contribution in [3.05, 3.63) is 88.4 Å². The lowest BCUT2D eigenvalue weighted by Gasteiger charge is -2.10. The van der Waals surface area contributed by atoms with Gasteiger partial charge in [-0.2, -0.15) is 5.10 Å². The molecule has 8 nitrogen and oxygen atoms in total. The fourth-order valence-electron chi connectivity index (χ4n) is 3.42. The number of benzene rings is 2. The molecule has 0 saturated heterocycles. The number of rotatable bonds is 8. The van der Waals surface area contributed by atoms with Gasteiger partial charge >= 0.3 is 0 Å². The zero-order valence-electron chi connectivity index (χ0n) is 18.4. The van der Waals surface area contributed by atoms with Crippen molar-refractivity contribution in [2.45, 2.75) is 33.0 Å². The van der Waals surface area contributed by atoms with Gasteiger partial charge in [-0.05, 0) is 44.2 Å². The Bertz CT molecular complexity index is 1330. The van der Waals surface area contributed by atoms with E-state index in [2.05, 4.69) is 15.4 Å². The molecule has 1 amide bonds. The number of nitrogens with one attached hydrogen (secondary N) is 1.